The fourth-order valence-corrected chi connectivity index (χ4v) is 4.64. The van der Waals surface area contributed by atoms with Gasteiger partial charge in [-0.05, 0) is 56.8 Å². The molecule has 0 spiro atoms. The smallest absolute Gasteiger partial charge is 0.237 e. The van der Waals surface area contributed by atoms with Crippen molar-refractivity contribution in [1.82, 2.24) is 10.6 Å². The highest BCUT2D eigenvalue weighted by Gasteiger charge is 2.34. The first kappa shape index (κ1) is 15.3. The molecule has 120 valence electrons. The largest absolute Gasteiger partial charge is 0.352 e. The minimum absolute atomic E-state index is 0.0741. The van der Waals surface area contributed by atoms with Gasteiger partial charge >= 0.3 is 0 Å². The molecule has 21 heavy (non-hydrogen) atoms. The molecule has 5 unspecified atom stereocenters. The zero-order valence-corrected chi connectivity index (χ0v) is 13.6. The van der Waals surface area contributed by atoms with Gasteiger partial charge in [0, 0.05) is 12.1 Å². The summed E-state index contributed by atoms with van der Waals surface area (Å²) in [6.45, 7) is 2.34. The molecule has 3 aliphatic rings. The molecule has 0 aromatic heterocycles. The first-order valence-electron chi connectivity index (χ1n) is 9.29. The number of fused-ring (bicyclic) bond motifs is 1. The summed E-state index contributed by atoms with van der Waals surface area (Å²) in [6, 6.07) is 1.11. The molecule has 3 heteroatoms. The number of piperidine rings is 1. The molecule has 0 aromatic rings. The van der Waals surface area contributed by atoms with Crippen molar-refractivity contribution in [2.45, 2.75) is 95.7 Å². The minimum atomic E-state index is 0.0741. The number of rotatable bonds is 2. The predicted octanol–water partition coefficient (Wildman–Crippen LogP) is 3.38. The summed E-state index contributed by atoms with van der Waals surface area (Å²) in [6.07, 6.45) is 13.9. The van der Waals surface area contributed by atoms with Crippen LogP contribution in [-0.2, 0) is 4.79 Å². The van der Waals surface area contributed by atoms with Crippen LogP contribution in [0.15, 0.2) is 0 Å². The van der Waals surface area contributed by atoms with E-state index in [0.29, 0.717) is 12.1 Å². The maximum absolute atomic E-state index is 12.6. The summed E-state index contributed by atoms with van der Waals surface area (Å²) >= 11 is 0. The third-order valence-corrected chi connectivity index (χ3v) is 6.07. The summed E-state index contributed by atoms with van der Waals surface area (Å²) in [5.41, 5.74) is 0. The van der Waals surface area contributed by atoms with Gasteiger partial charge in [-0.2, -0.15) is 0 Å². The van der Waals surface area contributed by atoms with Crippen molar-refractivity contribution in [3.8, 4) is 0 Å². The van der Waals surface area contributed by atoms with Crippen LogP contribution in [0.4, 0.5) is 0 Å². The average molecular weight is 292 g/mol. The maximum Gasteiger partial charge on any atom is 0.237 e. The fourth-order valence-electron chi connectivity index (χ4n) is 4.64. The van der Waals surface area contributed by atoms with Crippen LogP contribution in [-0.4, -0.2) is 24.0 Å². The van der Waals surface area contributed by atoms with Gasteiger partial charge in [-0.15, -0.1) is 0 Å². The Morgan fingerprint density at radius 2 is 1.76 bits per heavy atom. The van der Waals surface area contributed by atoms with Crippen LogP contribution in [0, 0.1) is 11.8 Å². The quantitative estimate of drug-likeness (QED) is 0.766. The Morgan fingerprint density at radius 1 is 0.905 bits per heavy atom. The van der Waals surface area contributed by atoms with E-state index in [0.717, 1.165) is 18.3 Å². The van der Waals surface area contributed by atoms with E-state index in [1.54, 1.807) is 0 Å². The minimum Gasteiger partial charge on any atom is -0.352 e. The zero-order chi connectivity index (χ0) is 14.7. The Morgan fingerprint density at radius 3 is 2.67 bits per heavy atom. The molecular formula is C18H32N2O. The van der Waals surface area contributed by atoms with Gasteiger partial charge in [0.25, 0.3) is 0 Å². The molecule has 3 nitrogen and oxygen atoms in total. The molecule has 3 fully saturated rings. The number of nitrogens with one attached hydrogen (secondary N) is 2. The molecule has 0 radical (unpaired) electrons. The Hall–Kier alpha value is -0.570. The van der Waals surface area contributed by atoms with Crippen molar-refractivity contribution < 1.29 is 4.79 Å². The summed E-state index contributed by atoms with van der Waals surface area (Å²) in [5, 5.41) is 7.00. The Labute approximate surface area is 129 Å². The van der Waals surface area contributed by atoms with Crippen molar-refractivity contribution in [2.24, 2.45) is 11.8 Å². The third-order valence-electron chi connectivity index (χ3n) is 6.07. The number of hydrogen-bond acceptors (Lipinski definition) is 2. The van der Waals surface area contributed by atoms with Gasteiger partial charge in [0.2, 0.25) is 5.91 Å². The van der Waals surface area contributed by atoms with Crippen LogP contribution in [0.3, 0.4) is 0 Å². The van der Waals surface area contributed by atoms with Gasteiger partial charge in [0.1, 0.15) is 0 Å². The lowest BCUT2D eigenvalue weighted by Gasteiger charge is -2.40. The predicted molar refractivity (Wildman–Crippen MR) is 86.1 cm³/mol. The van der Waals surface area contributed by atoms with Crippen molar-refractivity contribution in [1.29, 1.82) is 0 Å². The van der Waals surface area contributed by atoms with Crippen LogP contribution >= 0.6 is 0 Å². The summed E-state index contributed by atoms with van der Waals surface area (Å²) < 4.78 is 0. The van der Waals surface area contributed by atoms with E-state index in [1.807, 2.05) is 0 Å². The average Bonchev–Trinajstić information content (AvgIpc) is 2.71. The highest BCUT2D eigenvalue weighted by atomic mass is 16.2. The molecule has 1 saturated heterocycles. The number of carbonyl (C=O) groups is 1. The molecule has 1 heterocycles. The Kier molecular flexibility index (Phi) is 5.20. The number of carbonyl (C=O) groups excluding carboxylic acids is 1. The van der Waals surface area contributed by atoms with E-state index >= 15 is 0 Å². The second kappa shape index (κ2) is 7.13. The molecule has 2 aliphatic carbocycles. The SMILES string of the molecule is CC1CCCC(NC(=O)C2CCC3CCCCC3N2)CC1. The fraction of sp³-hybridized carbons (Fsp3) is 0.944. The molecule has 1 amide bonds. The van der Waals surface area contributed by atoms with Crippen LogP contribution in [0.25, 0.3) is 0 Å². The van der Waals surface area contributed by atoms with E-state index in [2.05, 4.69) is 17.6 Å². The molecule has 1 aliphatic heterocycles. The standard InChI is InChI=1S/C18H32N2O/c1-13-5-4-7-15(11-9-13)19-18(21)17-12-10-14-6-2-3-8-16(14)20-17/h13-17,20H,2-12H2,1H3,(H,19,21). The topological polar surface area (TPSA) is 41.1 Å². The first-order chi connectivity index (χ1) is 10.2. The van der Waals surface area contributed by atoms with Gasteiger partial charge in [0.15, 0.2) is 0 Å². The molecule has 0 aromatic carbocycles. The van der Waals surface area contributed by atoms with E-state index in [-0.39, 0.29) is 11.9 Å². The van der Waals surface area contributed by atoms with Gasteiger partial charge < -0.3 is 10.6 Å². The second-order valence-electron chi connectivity index (χ2n) is 7.77. The lowest BCUT2D eigenvalue weighted by molar-refractivity contribution is -0.125. The van der Waals surface area contributed by atoms with Crippen molar-refractivity contribution in [2.75, 3.05) is 0 Å². The molecule has 0 bridgehead atoms. The van der Waals surface area contributed by atoms with Crippen LogP contribution in [0.1, 0.15) is 77.6 Å². The molecular weight excluding hydrogens is 260 g/mol. The molecule has 3 rings (SSSR count). The monoisotopic (exact) mass is 292 g/mol. The Bertz CT molecular complexity index is 357. The molecule has 2 saturated carbocycles. The highest BCUT2D eigenvalue weighted by Crippen LogP contribution is 2.32. The zero-order valence-electron chi connectivity index (χ0n) is 13.6. The van der Waals surface area contributed by atoms with Gasteiger partial charge in [-0.1, -0.05) is 32.6 Å². The van der Waals surface area contributed by atoms with Crippen LogP contribution in [0.5, 0.6) is 0 Å². The summed E-state index contributed by atoms with van der Waals surface area (Å²) in [4.78, 5) is 12.6. The summed E-state index contributed by atoms with van der Waals surface area (Å²) in [7, 11) is 0. The lowest BCUT2D eigenvalue weighted by atomic mass is 9.77. The van der Waals surface area contributed by atoms with E-state index in [1.165, 1.54) is 64.2 Å². The maximum atomic E-state index is 12.6. The number of amides is 1. The highest BCUT2D eigenvalue weighted by molar-refractivity contribution is 5.82. The summed E-state index contributed by atoms with van der Waals surface area (Å²) in [5.74, 6) is 1.95. The van der Waals surface area contributed by atoms with Crippen molar-refractivity contribution in [3.05, 3.63) is 0 Å². The normalized spacial score (nSPS) is 40.9. The van der Waals surface area contributed by atoms with Crippen LogP contribution in [0.2, 0.25) is 0 Å². The van der Waals surface area contributed by atoms with Gasteiger partial charge in [-0.3, -0.25) is 4.79 Å². The van der Waals surface area contributed by atoms with Crippen molar-refractivity contribution in [3.63, 3.8) is 0 Å². The van der Waals surface area contributed by atoms with Gasteiger partial charge in [0.05, 0.1) is 6.04 Å². The van der Waals surface area contributed by atoms with Crippen molar-refractivity contribution >= 4 is 5.91 Å². The molecule has 2 N–H and O–H groups in total. The number of hydrogen-bond donors (Lipinski definition) is 2. The van der Waals surface area contributed by atoms with E-state index in [4.69, 9.17) is 0 Å². The van der Waals surface area contributed by atoms with Gasteiger partial charge in [-0.25, -0.2) is 0 Å². The van der Waals surface area contributed by atoms with E-state index in [9.17, 15) is 4.79 Å². The molecule has 5 atom stereocenters. The van der Waals surface area contributed by atoms with E-state index < -0.39 is 0 Å². The Balaban J connectivity index is 1.48. The third kappa shape index (κ3) is 4.00. The second-order valence-corrected chi connectivity index (χ2v) is 7.77. The van der Waals surface area contributed by atoms with Crippen LogP contribution < -0.4 is 10.6 Å². The first-order valence-corrected chi connectivity index (χ1v) is 9.29. The lowest BCUT2D eigenvalue weighted by Crippen LogP contribution is -2.56.